The van der Waals surface area contributed by atoms with Gasteiger partial charge in [0, 0.05) is 23.7 Å². The molecular formula is C19H24FNO3. The lowest BCUT2D eigenvalue weighted by Crippen LogP contribution is -2.34. The molecule has 0 radical (unpaired) electrons. The molecule has 0 saturated carbocycles. The lowest BCUT2D eigenvalue weighted by atomic mass is 10.0. The minimum Gasteiger partial charge on any atom is -0.497 e. The van der Waals surface area contributed by atoms with Gasteiger partial charge in [0.15, 0.2) is 0 Å². The first kappa shape index (κ1) is 18.2. The molecule has 0 heterocycles. The third-order valence-corrected chi connectivity index (χ3v) is 4.11. The van der Waals surface area contributed by atoms with Gasteiger partial charge >= 0.3 is 0 Å². The second-order valence-electron chi connectivity index (χ2n) is 5.78. The number of ether oxygens (including phenoxy) is 2. The molecular weight excluding hydrogens is 309 g/mol. The van der Waals surface area contributed by atoms with Crippen LogP contribution in [0.15, 0.2) is 42.5 Å². The third kappa shape index (κ3) is 4.24. The zero-order valence-electron chi connectivity index (χ0n) is 14.4. The summed E-state index contributed by atoms with van der Waals surface area (Å²) in [6.45, 7) is 3.89. The fourth-order valence-corrected chi connectivity index (χ4v) is 2.70. The average molecular weight is 333 g/mol. The summed E-state index contributed by atoms with van der Waals surface area (Å²) in [6.07, 6.45) is -0.739. The van der Waals surface area contributed by atoms with Crippen LogP contribution in [0.1, 0.15) is 37.1 Å². The van der Waals surface area contributed by atoms with E-state index in [1.807, 2.05) is 32.0 Å². The van der Waals surface area contributed by atoms with E-state index in [1.165, 1.54) is 12.1 Å². The van der Waals surface area contributed by atoms with Gasteiger partial charge in [-0.25, -0.2) is 4.39 Å². The Morgan fingerprint density at radius 1 is 1.00 bits per heavy atom. The number of aliphatic hydroxyl groups excluding tert-OH is 1. The van der Waals surface area contributed by atoms with Crippen LogP contribution >= 0.6 is 0 Å². The molecule has 2 aromatic rings. The molecule has 0 aromatic heterocycles. The van der Waals surface area contributed by atoms with Crippen molar-refractivity contribution in [2.75, 3.05) is 14.2 Å². The summed E-state index contributed by atoms with van der Waals surface area (Å²) >= 11 is 0. The second kappa shape index (κ2) is 8.13. The van der Waals surface area contributed by atoms with E-state index < -0.39 is 6.10 Å². The summed E-state index contributed by atoms with van der Waals surface area (Å²) in [5.74, 6) is 1.13. The molecule has 130 valence electrons. The Balaban J connectivity index is 2.10. The first-order valence-electron chi connectivity index (χ1n) is 7.87. The fraction of sp³-hybridized carbons (Fsp3) is 0.368. The smallest absolute Gasteiger partial charge is 0.127 e. The monoisotopic (exact) mass is 333 g/mol. The van der Waals surface area contributed by atoms with Crippen LogP contribution in [0.4, 0.5) is 4.39 Å². The van der Waals surface area contributed by atoms with Crippen molar-refractivity contribution in [2.45, 2.75) is 32.0 Å². The van der Waals surface area contributed by atoms with Gasteiger partial charge in [0.05, 0.1) is 20.3 Å². The largest absolute Gasteiger partial charge is 0.497 e. The van der Waals surface area contributed by atoms with Crippen LogP contribution in [-0.2, 0) is 0 Å². The van der Waals surface area contributed by atoms with E-state index in [2.05, 4.69) is 5.32 Å². The number of rotatable bonds is 7. The minimum atomic E-state index is -0.739. The van der Waals surface area contributed by atoms with Crippen LogP contribution in [0.3, 0.4) is 0 Å². The molecule has 2 aromatic carbocycles. The van der Waals surface area contributed by atoms with Gasteiger partial charge in [-0.2, -0.15) is 0 Å². The number of hydrogen-bond acceptors (Lipinski definition) is 4. The summed E-state index contributed by atoms with van der Waals surface area (Å²) in [5.41, 5.74) is 1.64. The summed E-state index contributed by atoms with van der Waals surface area (Å²) in [7, 11) is 3.22. The molecule has 0 bridgehead atoms. The highest BCUT2D eigenvalue weighted by molar-refractivity contribution is 5.42. The number of halogens is 1. The van der Waals surface area contributed by atoms with Gasteiger partial charge in [0.2, 0.25) is 0 Å². The molecule has 0 fully saturated rings. The van der Waals surface area contributed by atoms with E-state index >= 15 is 0 Å². The molecule has 3 unspecified atom stereocenters. The normalized spacial score (nSPS) is 14.8. The van der Waals surface area contributed by atoms with Gasteiger partial charge < -0.3 is 19.9 Å². The first-order valence-corrected chi connectivity index (χ1v) is 7.87. The molecule has 24 heavy (non-hydrogen) atoms. The number of nitrogens with one attached hydrogen (secondary N) is 1. The van der Waals surface area contributed by atoms with E-state index in [0.29, 0.717) is 5.56 Å². The van der Waals surface area contributed by atoms with Gasteiger partial charge in [0.25, 0.3) is 0 Å². The van der Waals surface area contributed by atoms with E-state index in [9.17, 15) is 9.50 Å². The van der Waals surface area contributed by atoms with E-state index in [0.717, 1.165) is 17.1 Å². The molecule has 0 saturated heterocycles. The quantitative estimate of drug-likeness (QED) is 0.813. The van der Waals surface area contributed by atoms with Crippen molar-refractivity contribution in [3.63, 3.8) is 0 Å². The fourth-order valence-electron chi connectivity index (χ4n) is 2.70. The van der Waals surface area contributed by atoms with Crippen LogP contribution in [-0.4, -0.2) is 25.4 Å². The Hall–Kier alpha value is -2.11. The van der Waals surface area contributed by atoms with Gasteiger partial charge in [-0.05, 0) is 37.6 Å². The topological polar surface area (TPSA) is 50.7 Å². The van der Waals surface area contributed by atoms with Crippen LogP contribution in [0.2, 0.25) is 0 Å². The predicted octanol–water partition coefficient (Wildman–Crippen LogP) is 3.62. The number of methoxy groups -OCH3 is 2. The zero-order valence-corrected chi connectivity index (χ0v) is 14.4. The molecule has 5 heteroatoms. The summed E-state index contributed by atoms with van der Waals surface area (Å²) in [5, 5.41) is 13.8. The van der Waals surface area contributed by atoms with Crippen molar-refractivity contribution >= 4 is 0 Å². The van der Waals surface area contributed by atoms with Crippen LogP contribution in [0.25, 0.3) is 0 Å². The van der Waals surface area contributed by atoms with Gasteiger partial charge in [-0.3, -0.25) is 0 Å². The summed E-state index contributed by atoms with van der Waals surface area (Å²) in [4.78, 5) is 0. The Morgan fingerprint density at radius 3 is 2.25 bits per heavy atom. The van der Waals surface area contributed by atoms with Crippen molar-refractivity contribution in [3.8, 4) is 11.5 Å². The minimum absolute atomic E-state index is 0.0454. The maximum atomic E-state index is 13.0. The van der Waals surface area contributed by atoms with Crippen molar-refractivity contribution < 1.29 is 19.0 Å². The average Bonchev–Trinajstić information content (AvgIpc) is 2.60. The summed E-state index contributed by atoms with van der Waals surface area (Å²) in [6, 6.07) is 11.3. The highest BCUT2D eigenvalue weighted by Crippen LogP contribution is 2.30. The lowest BCUT2D eigenvalue weighted by Gasteiger charge is -2.26. The SMILES string of the molecule is COc1ccc(C(C)NC(C)C(O)c2ccc(F)cc2)c(OC)c1. The molecule has 0 aliphatic carbocycles. The molecule has 0 spiro atoms. The lowest BCUT2D eigenvalue weighted by molar-refractivity contribution is 0.130. The van der Waals surface area contributed by atoms with E-state index in [4.69, 9.17) is 9.47 Å². The molecule has 2 N–H and O–H groups in total. The Morgan fingerprint density at radius 2 is 1.67 bits per heavy atom. The predicted molar refractivity (Wildman–Crippen MR) is 91.9 cm³/mol. The van der Waals surface area contributed by atoms with Crippen LogP contribution in [0.5, 0.6) is 11.5 Å². The standard InChI is InChI=1S/C19H24FNO3/c1-12(17-10-9-16(23-3)11-18(17)24-4)21-13(2)19(22)14-5-7-15(20)8-6-14/h5-13,19,21-22H,1-4H3. The Labute approximate surface area is 142 Å². The highest BCUT2D eigenvalue weighted by atomic mass is 19.1. The van der Waals surface area contributed by atoms with Crippen LogP contribution < -0.4 is 14.8 Å². The Bertz CT molecular complexity index is 660. The number of aliphatic hydroxyl groups is 1. The van der Waals surface area contributed by atoms with Crippen molar-refractivity contribution in [2.24, 2.45) is 0 Å². The zero-order chi connectivity index (χ0) is 17.7. The maximum Gasteiger partial charge on any atom is 0.127 e. The Kier molecular flexibility index (Phi) is 6.17. The van der Waals surface area contributed by atoms with Gasteiger partial charge in [0.1, 0.15) is 17.3 Å². The maximum absolute atomic E-state index is 13.0. The second-order valence-corrected chi connectivity index (χ2v) is 5.78. The van der Waals surface area contributed by atoms with Crippen molar-refractivity contribution in [1.82, 2.24) is 5.32 Å². The molecule has 3 atom stereocenters. The molecule has 2 rings (SSSR count). The molecule has 4 nitrogen and oxygen atoms in total. The third-order valence-electron chi connectivity index (χ3n) is 4.11. The van der Waals surface area contributed by atoms with Crippen molar-refractivity contribution in [1.29, 1.82) is 0 Å². The van der Waals surface area contributed by atoms with Gasteiger partial charge in [-0.15, -0.1) is 0 Å². The molecule has 0 aliphatic rings. The van der Waals surface area contributed by atoms with Crippen molar-refractivity contribution in [3.05, 3.63) is 59.4 Å². The van der Waals surface area contributed by atoms with E-state index in [-0.39, 0.29) is 17.9 Å². The number of hydrogen-bond donors (Lipinski definition) is 2. The van der Waals surface area contributed by atoms with E-state index in [1.54, 1.807) is 26.4 Å². The summed E-state index contributed by atoms with van der Waals surface area (Å²) < 4.78 is 23.6. The first-order chi connectivity index (χ1) is 11.5. The van der Waals surface area contributed by atoms with Gasteiger partial charge in [-0.1, -0.05) is 18.2 Å². The van der Waals surface area contributed by atoms with Crippen LogP contribution in [0, 0.1) is 5.82 Å². The highest BCUT2D eigenvalue weighted by Gasteiger charge is 2.20. The number of benzene rings is 2. The molecule has 0 aliphatic heterocycles. The molecule has 0 amide bonds.